The summed E-state index contributed by atoms with van der Waals surface area (Å²) in [5.74, 6) is 1.30. The molecule has 0 saturated carbocycles. The Morgan fingerprint density at radius 2 is 2.18 bits per heavy atom. The third kappa shape index (κ3) is 4.87. The van der Waals surface area contributed by atoms with Crippen molar-refractivity contribution in [1.82, 2.24) is 9.97 Å². The molecule has 5 nitrogen and oxygen atoms in total. The predicted octanol–water partition coefficient (Wildman–Crippen LogP) is 2.24. The van der Waals surface area contributed by atoms with E-state index in [-0.39, 0.29) is 6.10 Å². The van der Waals surface area contributed by atoms with Gasteiger partial charge in [-0.2, -0.15) is 4.98 Å². The van der Waals surface area contributed by atoms with E-state index in [0.29, 0.717) is 18.3 Å². The van der Waals surface area contributed by atoms with Gasteiger partial charge in [0.05, 0.1) is 10.6 Å². The number of anilines is 2. The summed E-state index contributed by atoms with van der Waals surface area (Å²) in [7, 11) is 0. The van der Waals surface area contributed by atoms with Crippen LogP contribution in [0.25, 0.3) is 0 Å². The van der Waals surface area contributed by atoms with Gasteiger partial charge in [0.25, 0.3) is 0 Å². The van der Waals surface area contributed by atoms with E-state index in [2.05, 4.69) is 43.5 Å². The van der Waals surface area contributed by atoms with Crippen molar-refractivity contribution < 1.29 is 5.11 Å². The first-order valence-electron chi connectivity index (χ1n) is 5.85. The third-order valence-electron chi connectivity index (χ3n) is 2.25. The van der Waals surface area contributed by atoms with Crippen LogP contribution in [0.1, 0.15) is 26.7 Å². The number of aliphatic hydroxyl groups excluding tert-OH is 1. The maximum absolute atomic E-state index is 9.48. The summed E-state index contributed by atoms with van der Waals surface area (Å²) in [5, 5.41) is 15.7. The summed E-state index contributed by atoms with van der Waals surface area (Å²) in [5.41, 5.74) is 0. The zero-order valence-electron chi connectivity index (χ0n) is 10.2. The highest BCUT2D eigenvalue weighted by Crippen LogP contribution is 2.20. The summed E-state index contributed by atoms with van der Waals surface area (Å²) in [6.45, 7) is 5.36. The van der Waals surface area contributed by atoms with Crippen molar-refractivity contribution >= 4 is 27.7 Å². The van der Waals surface area contributed by atoms with Crippen molar-refractivity contribution in [3.63, 3.8) is 0 Å². The molecule has 0 amide bonds. The van der Waals surface area contributed by atoms with Crippen LogP contribution in [0.4, 0.5) is 11.8 Å². The van der Waals surface area contributed by atoms with Crippen LogP contribution in [0.3, 0.4) is 0 Å². The number of nitrogens with zero attached hydrogens (tertiary/aromatic N) is 2. The Kier molecular flexibility index (Phi) is 6.21. The van der Waals surface area contributed by atoms with Gasteiger partial charge >= 0.3 is 0 Å². The largest absolute Gasteiger partial charge is 0.391 e. The summed E-state index contributed by atoms with van der Waals surface area (Å²) in [6.07, 6.45) is 3.09. The standard InChI is InChI=1S/C11H19BrN4O/c1-3-5-13-11-15-7-9(12)10(16-11)14-6-8(17)4-2/h7-8,17H,3-6H2,1-2H3,(H2,13,14,15,16). The van der Waals surface area contributed by atoms with E-state index in [0.717, 1.165) is 23.9 Å². The highest BCUT2D eigenvalue weighted by atomic mass is 79.9. The van der Waals surface area contributed by atoms with Crippen molar-refractivity contribution in [1.29, 1.82) is 0 Å². The second-order valence-electron chi connectivity index (χ2n) is 3.76. The maximum atomic E-state index is 9.48. The van der Waals surface area contributed by atoms with Crippen LogP contribution >= 0.6 is 15.9 Å². The van der Waals surface area contributed by atoms with Crippen LogP contribution in [-0.4, -0.2) is 34.3 Å². The average molecular weight is 303 g/mol. The van der Waals surface area contributed by atoms with Crippen LogP contribution in [0, 0.1) is 0 Å². The molecule has 0 fully saturated rings. The summed E-state index contributed by atoms with van der Waals surface area (Å²) < 4.78 is 0.794. The van der Waals surface area contributed by atoms with E-state index >= 15 is 0 Å². The Balaban J connectivity index is 2.62. The first-order valence-corrected chi connectivity index (χ1v) is 6.65. The van der Waals surface area contributed by atoms with E-state index in [4.69, 9.17) is 0 Å². The highest BCUT2D eigenvalue weighted by molar-refractivity contribution is 9.10. The summed E-state index contributed by atoms with van der Waals surface area (Å²) >= 11 is 3.37. The molecule has 0 aliphatic carbocycles. The fourth-order valence-electron chi connectivity index (χ4n) is 1.17. The quantitative estimate of drug-likeness (QED) is 0.721. The molecule has 1 rings (SSSR count). The van der Waals surface area contributed by atoms with Crippen molar-refractivity contribution in [2.24, 2.45) is 0 Å². The second-order valence-corrected chi connectivity index (χ2v) is 4.61. The molecule has 3 N–H and O–H groups in total. The summed E-state index contributed by atoms with van der Waals surface area (Å²) in [6, 6.07) is 0. The van der Waals surface area contributed by atoms with E-state index in [1.807, 2.05) is 6.92 Å². The molecule has 17 heavy (non-hydrogen) atoms. The minimum absolute atomic E-state index is 0.357. The van der Waals surface area contributed by atoms with Gasteiger partial charge in [0, 0.05) is 19.3 Å². The lowest BCUT2D eigenvalue weighted by molar-refractivity contribution is 0.183. The molecule has 0 bridgehead atoms. The third-order valence-corrected chi connectivity index (χ3v) is 2.83. The number of aliphatic hydroxyl groups is 1. The van der Waals surface area contributed by atoms with Gasteiger partial charge in [-0.05, 0) is 28.8 Å². The molecular weight excluding hydrogens is 284 g/mol. The molecule has 1 heterocycles. The minimum Gasteiger partial charge on any atom is -0.391 e. The molecule has 1 atom stereocenters. The highest BCUT2D eigenvalue weighted by Gasteiger charge is 2.06. The van der Waals surface area contributed by atoms with Gasteiger partial charge in [0.2, 0.25) is 5.95 Å². The number of hydrogen-bond acceptors (Lipinski definition) is 5. The smallest absolute Gasteiger partial charge is 0.224 e. The SMILES string of the molecule is CCCNc1ncc(Br)c(NCC(O)CC)n1. The molecule has 0 spiro atoms. The van der Waals surface area contributed by atoms with Crippen LogP contribution in [0.15, 0.2) is 10.7 Å². The molecule has 0 aliphatic rings. The number of aromatic nitrogens is 2. The molecule has 0 saturated heterocycles. The lowest BCUT2D eigenvalue weighted by Gasteiger charge is -2.12. The van der Waals surface area contributed by atoms with E-state index in [1.165, 1.54) is 0 Å². The molecule has 0 aliphatic heterocycles. The Bertz CT molecular complexity index is 348. The first kappa shape index (κ1) is 14.2. The topological polar surface area (TPSA) is 70.1 Å². The van der Waals surface area contributed by atoms with Gasteiger partial charge in [-0.25, -0.2) is 4.98 Å². The molecule has 0 aromatic carbocycles. The molecule has 1 unspecified atom stereocenters. The molecule has 6 heteroatoms. The number of rotatable bonds is 7. The average Bonchev–Trinajstić information content (AvgIpc) is 2.35. The van der Waals surface area contributed by atoms with Crippen LogP contribution in [0.5, 0.6) is 0 Å². The number of nitrogens with one attached hydrogen (secondary N) is 2. The normalized spacial score (nSPS) is 12.2. The van der Waals surface area contributed by atoms with Crippen molar-refractivity contribution in [3.8, 4) is 0 Å². The second kappa shape index (κ2) is 7.45. The zero-order valence-corrected chi connectivity index (χ0v) is 11.8. The first-order chi connectivity index (χ1) is 8.17. The van der Waals surface area contributed by atoms with E-state index < -0.39 is 0 Å². The van der Waals surface area contributed by atoms with Crippen molar-refractivity contribution in [3.05, 3.63) is 10.7 Å². The fourth-order valence-corrected chi connectivity index (χ4v) is 1.50. The number of halogens is 1. The Labute approximate surface area is 110 Å². The van der Waals surface area contributed by atoms with Gasteiger partial charge in [0.15, 0.2) is 0 Å². The van der Waals surface area contributed by atoms with Gasteiger partial charge in [0.1, 0.15) is 5.82 Å². The predicted molar refractivity (Wildman–Crippen MR) is 73.3 cm³/mol. The molecular formula is C11H19BrN4O. The summed E-state index contributed by atoms with van der Waals surface area (Å²) in [4.78, 5) is 8.48. The Hall–Kier alpha value is -0.880. The maximum Gasteiger partial charge on any atom is 0.224 e. The van der Waals surface area contributed by atoms with Crippen LogP contribution < -0.4 is 10.6 Å². The van der Waals surface area contributed by atoms with Gasteiger partial charge in [-0.15, -0.1) is 0 Å². The lowest BCUT2D eigenvalue weighted by atomic mass is 10.3. The van der Waals surface area contributed by atoms with Crippen molar-refractivity contribution in [2.75, 3.05) is 23.7 Å². The van der Waals surface area contributed by atoms with Crippen molar-refractivity contribution in [2.45, 2.75) is 32.8 Å². The number of hydrogen-bond donors (Lipinski definition) is 3. The fraction of sp³-hybridized carbons (Fsp3) is 0.636. The molecule has 1 aromatic heterocycles. The van der Waals surface area contributed by atoms with Crippen LogP contribution in [-0.2, 0) is 0 Å². The Morgan fingerprint density at radius 3 is 2.82 bits per heavy atom. The van der Waals surface area contributed by atoms with E-state index in [9.17, 15) is 5.11 Å². The van der Waals surface area contributed by atoms with Gasteiger partial charge < -0.3 is 15.7 Å². The van der Waals surface area contributed by atoms with E-state index in [1.54, 1.807) is 6.20 Å². The monoisotopic (exact) mass is 302 g/mol. The lowest BCUT2D eigenvalue weighted by Crippen LogP contribution is -2.19. The molecule has 96 valence electrons. The van der Waals surface area contributed by atoms with Gasteiger partial charge in [-0.1, -0.05) is 13.8 Å². The molecule has 1 aromatic rings. The minimum atomic E-state index is -0.357. The van der Waals surface area contributed by atoms with Crippen LogP contribution in [0.2, 0.25) is 0 Å². The molecule has 0 radical (unpaired) electrons. The Morgan fingerprint density at radius 1 is 1.41 bits per heavy atom. The van der Waals surface area contributed by atoms with Gasteiger partial charge in [-0.3, -0.25) is 0 Å². The zero-order chi connectivity index (χ0) is 12.7.